The summed E-state index contributed by atoms with van der Waals surface area (Å²) in [5.74, 6) is -0.260. The molecule has 1 aliphatic rings. The van der Waals surface area contributed by atoms with Crippen molar-refractivity contribution in [2.24, 2.45) is 7.05 Å². The second-order valence-corrected chi connectivity index (χ2v) is 7.94. The zero-order valence-electron chi connectivity index (χ0n) is 17.8. The molecule has 2 aromatic heterocycles. The third-order valence-electron chi connectivity index (χ3n) is 5.77. The van der Waals surface area contributed by atoms with E-state index >= 15 is 0 Å². The Labute approximate surface area is 188 Å². The molecule has 3 heterocycles. The first-order valence-electron chi connectivity index (χ1n) is 10.4. The first-order chi connectivity index (χ1) is 15.9. The Kier molecular flexibility index (Phi) is 5.02. The van der Waals surface area contributed by atoms with Gasteiger partial charge in [0.2, 0.25) is 0 Å². The molecule has 0 spiro atoms. The van der Waals surface area contributed by atoms with E-state index in [0.29, 0.717) is 18.8 Å². The molecule has 33 heavy (non-hydrogen) atoms. The van der Waals surface area contributed by atoms with Gasteiger partial charge in [-0.1, -0.05) is 30.3 Å². The van der Waals surface area contributed by atoms with Crippen LogP contribution in [0, 0.1) is 0 Å². The number of rotatable bonds is 3. The largest absolute Gasteiger partial charge is 0.465 e. The van der Waals surface area contributed by atoms with Gasteiger partial charge in [-0.2, -0.15) is 5.10 Å². The minimum absolute atomic E-state index is 0.00533. The Bertz CT molecular complexity index is 1400. The summed E-state index contributed by atoms with van der Waals surface area (Å²) in [7, 11) is 1.85. The van der Waals surface area contributed by atoms with Crippen LogP contribution in [0.5, 0.6) is 0 Å². The van der Waals surface area contributed by atoms with E-state index in [4.69, 9.17) is 5.11 Å². The Morgan fingerprint density at radius 1 is 1.12 bits per heavy atom. The van der Waals surface area contributed by atoms with Gasteiger partial charge in [0.25, 0.3) is 5.91 Å². The molecule has 9 heteroatoms. The van der Waals surface area contributed by atoms with Crippen LogP contribution in [0.2, 0.25) is 0 Å². The van der Waals surface area contributed by atoms with Crippen LogP contribution < -0.4 is 10.2 Å². The standard InChI is InChI=1S/C24H21N5O4/c1-28-13-16(12-25-28)14-6-7-20-18(10-14)21(30)8-9-29(20)22-17-5-3-2-4-15(17)11-19(26-22)23(31)27-24(32)33/h2-7,10-13,21,30H,8-9H2,1H3,(H,27,31)(H,32,33). The average molecular weight is 443 g/mol. The van der Waals surface area contributed by atoms with Crippen molar-refractivity contribution in [3.05, 3.63) is 72.2 Å². The topological polar surface area (TPSA) is 121 Å². The molecule has 2 amide bonds. The molecule has 1 aliphatic heterocycles. The lowest BCUT2D eigenvalue weighted by Crippen LogP contribution is -2.31. The second-order valence-electron chi connectivity index (χ2n) is 7.94. The zero-order valence-corrected chi connectivity index (χ0v) is 17.8. The number of pyridine rings is 1. The van der Waals surface area contributed by atoms with Gasteiger partial charge in [-0.05, 0) is 35.6 Å². The maximum Gasteiger partial charge on any atom is 0.411 e. The number of aromatic nitrogens is 3. The molecule has 1 atom stereocenters. The molecule has 0 fully saturated rings. The van der Waals surface area contributed by atoms with Gasteiger partial charge in [0.05, 0.1) is 12.3 Å². The number of imide groups is 1. The molecule has 0 saturated heterocycles. The van der Waals surface area contributed by atoms with E-state index in [0.717, 1.165) is 33.2 Å². The number of hydrogen-bond acceptors (Lipinski definition) is 6. The Balaban J connectivity index is 1.64. The van der Waals surface area contributed by atoms with Gasteiger partial charge >= 0.3 is 6.09 Å². The van der Waals surface area contributed by atoms with E-state index in [1.165, 1.54) is 0 Å². The van der Waals surface area contributed by atoms with E-state index in [-0.39, 0.29) is 5.69 Å². The number of hydrogen-bond donors (Lipinski definition) is 3. The highest BCUT2D eigenvalue weighted by Gasteiger charge is 2.28. The number of carbonyl (C=O) groups excluding carboxylic acids is 1. The lowest BCUT2D eigenvalue weighted by molar-refractivity contribution is 0.0943. The first kappa shape index (κ1) is 20.7. The summed E-state index contributed by atoms with van der Waals surface area (Å²) in [5, 5.41) is 27.4. The fraction of sp³-hybridized carbons (Fsp3) is 0.167. The maximum atomic E-state index is 12.4. The summed E-state index contributed by atoms with van der Waals surface area (Å²) < 4.78 is 1.72. The summed E-state index contributed by atoms with van der Waals surface area (Å²) >= 11 is 0. The van der Waals surface area contributed by atoms with Crippen LogP contribution in [0.3, 0.4) is 0 Å². The molecule has 2 aromatic carbocycles. The number of nitrogens with one attached hydrogen (secondary N) is 1. The Morgan fingerprint density at radius 3 is 2.70 bits per heavy atom. The van der Waals surface area contributed by atoms with Crippen LogP contribution in [0.15, 0.2) is 60.9 Å². The fourth-order valence-electron chi connectivity index (χ4n) is 4.23. The Hall–Kier alpha value is -4.24. The molecular weight excluding hydrogens is 422 g/mol. The number of anilines is 2. The summed E-state index contributed by atoms with van der Waals surface area (Å²) in [6, 6.07) is 14.9. The summed E-state index contributed by atoms with van der Waals surface area (Å²) in [4.78, 5) is 29.9. The molecule has 0 saturated carbocycles. The van der Waals surface area contributed by atoms with Crippen molar-refractivity contribution >= 4 is 34.3 Å². The molecule has 3 N–H and O–H groups in total. The van der Waals surface area contributed by atoms with Crippen LogP contribution >= 0.6 is 0 Å². The maximum absolute atomic E-state index is 12.4. The molecule has 0 aliphatic carbocycles. The molecule has 0 radical (unpaired) electrons. The smallest absolute Gasteiger partial charge is 0.411 e. The van der Waals surface area contributed by atoms with Crippen LogP contribution in [0.1, 0.15) is 28.6 Å². The highest BCUT2D eigenvalue weighted by molar-refractivity contribution is 6.05. The van der Waals surface area contributed by atoms with Crippen molar-refractivity contribution in [2.45, 2.75) is 12.5 Å². The number of benzene rings is 2. The predicted octanol–water partition coefficient (Wildman–Crippen LogP) is 3.62. The molecule has 4 aromatic rings. The number of aryl methyl sites for hydroxylation is 1. The number of carbonyl (C=O) groups is 2. The zero-order chi connectivity index (χ0) is 23.1. The van der Waals surface area contributed by atoms with Gasteiger partial charge in [0, 0.05) is 42.0 Å². The van der Waals surface area contributed by atoms with Crippen molar-refractivity contribution in [1.29, 1.82) is 0 Å². The van der Waals surface area contributed by atoms with E-state index in [2.05, 4.69) is 10.1 Å². The third kappa shape index (κ3) is 3.79. The third-order valence-corrected chi connectivity index (χ3v) is 5.77. The lowest BCUT2D eigenvalue weighted by Gasteiger charge is -2.34. The van der Waals surface area contributed by atoms with E-state index in [1.54, 1.807) is 16.9 Å². The van der Waals surface area contributed by atoms with Crippen LogP contribution in [0.4, 0.5) is 16.3 Å². The number of aliphatic hydroxyl groups is 1. The van der Waals surface area contributed by atoms with E-state index in [1.807, 2.05) is 65.9 Å². The first-order valence-corrected chi connectivity index (χ1v) is 10.4. The van der Waals surface area contributed by atoms with E-state index in [9.17, 15) is 14.7 Å². The molecule has 0 bridgehead atoms. The lowest BCUT2D eigenvalue weighted by atomic mass is 9.94. The van der Waals surface area contributed by atoms with Gasteiger partial charge in [0.15, 0.2) is 0 Å². The molecule has 9 nitrogen and oxygen atoms in total. The highest BCUT2D eigenvalue weighted by atomic mass is 16.4. The SMILES string of the molecule is Cn1cc(-c2ccc3c(c2)C(O)CCN3c2nc(C(=O)NC(=O)O)cc3ccccc23)cn1. The molecule has 5 rings (SSSR count). The van der Waals surface area contributed by atoms with Crippen LogP contribution in [-0.2, 0) is 7.05 Å². The van der Waals surface area contributed by atoms with Crippen molar-refractivity contribution in [3.63, 3.8) is 0 Å². The summed E-state index contributed by atoms with van der Waals surface area (Å²) in [5.41, 5.74) is 3.44. The highest BCUT2D eigenvalue weighted by Crippen LogP contribution is 2.41. The summed E-state index contributed by atoms with van der Waals surface area (Å²) in [6.07, 6.45) is 2.08. The quantitative estimate of drug-likeness (QED) is 0.442. The summed E-state index contributed by atoms with van der Waals surface area (Å²) in [6.45, 7) is 0.488. The minimum Gasteiger partial charge on any atom is -0.465 e. The Morgan fingerprint density at radius 2 is 1.94 bits per heavy atom. The van der Waals surface area contributed by atoms with Gasteiger partial charge in [-0.25, -0.2) is 9.78 Å². The predicted molar refractivity (Wildman–Crippen MR) is 122 cm³/mol. The van der Waals surface area contributed by atoms with Crippen LogP contribution in [-0.4, -0.2) is 43.5 Å². The van der Waals surface area contributed by atoms with Crippen molar-refractivity contribution in [2.75, 3.05) is 11.4 Å². The van der Waals surface area contributed by atoms with Gasteiger partial charge in [0.1, 0.15) is 11.5 Å². The van der Waals surface area contributed by atoms with Gasteiger partial charge in [-0.15, -0.1) is 0 Å². The number of fused-ring (bicyclic) bond motifs is 2. The van der Waals surface area contributed by atoms with Crippen molar-refractivity contribution in [1.82, 2.24) is 20.1 Å². The number of nitrogens with zero attached hydrogens (tertiary/aromatic N) is 4. The molecular formula is C24H21N5O4. The van der Waals surface area contributed by atoms with E-state index < -0.39 is 18.1 Å². The van der Waals surface area contributed by atoms with Crippen LogP contribution in [0.25, 0.3) is 21.9 Å². The number of aliphatic hydroxyl groups excluding tert-OH is 1. The molecule has 166 valence electrons. The van der Waals surface area contributed by atoms with Gasteiger partial charge in [-0.3, -0.25) is 14.8 Å². The monoisotopic (exact) mass is 443 g/mol. The molecule has 1 unspecified atom stereocenters. The average Bonchev–Trinajstić information content (AvgIpc) is 3.24. The van der Waals surface area contributed by atoms with Gasteiger partial charge < -0.3 is 15.1 Å². The normalized spacial score (nSPS) is 15.3. The number of amides is 2. The van der Waals surface area contributed by atoms with Crippen molar-refractivity contribution in [3.8, 4) is 11.1 Å². The second kappa shape index (κ2) is 8.03. The van der Waals surface area contributed by atoms with Crippen molar-refractivity contribution < 1.29 is 19.8 Å². The number of carboxylic acid groups (broad SMARTS) is 1. The minimum atomic E-state index is -1.44. The fourth-order valence-corrected chi connectivity index (χ4v) is 4.23.